The van der Waals surface area contributed by atoms with Gasteiger partial charge in [-0.3, -0.25) is 0 Å². The highest BCUT2D eigenvalue weighted by atomic mass is 79.9. The second-order valence-electron chi connectivity index (χ2n) is 3.85. The highest BCUT2D eigenvalue weighted by Crippen LogP contribution is 2.27. The quantitative estimate of drug-likeness (QED) is 0.871. The molecule has 2 rings (SSSR count). The minimum absolute atomic E-state index is 0.0144. The number of benzene rings is 1. The van der Waals surface area contributed by atoms with Gasteiger partial charge in [0.05, 0.1) is 11.7 Å². The van der Waals surface area contributed by atoms with Crippen LogP contribution in [0.3, 0.4) is 0 Å². The van der Waals surface area contributed by atoms with Gasteiger partial charge in [0.2, 0.25) is 5.89 Å². The molecule has 0 N–H and O–H groups in total. The van der Waals surface area contributed by atoms with E-state index < -0.39 is 0 Å². The molecule has 0 saturated heterocycles. The first kappa shape index (κ1) is 12.6. The number of ether oxygens (including phenoxy) is 1. The molecule has 18 heavy (non-hydrogen) atoms. The van der Waals surface area contributed by atoms with E-state index in [0.29, 0.717) is 27.6 Å². The van der Waals surface area contributed by atoms with Crippen LogP contribution in [0.2, 0.25) is 0 Å². The summed E-state index contributed by atoms with van der Waals surface area (Å²) >= 11 is 3.08. The summed E-state index contributed by atoms with van der Waals surface area (Å²) in [6.45, 7) is 3.81. The number of rotatable bonds is 3. The van der Waals surface area contributed by atoms with Crippen LogP contribution in [0.5, 0.6) is 5.75 Å². The van der Waals surface area contributed by atoms with Crippen molar-refractivity contribution in [2.75, 3.05) is 0 Å². The Morgan fingerprint density at radius 2 is 2.17 bits per heavy atom. The summed E-state index contributed by atoms with van der Waals surface area (Å²) in [4.78, 5) is 0.304. The number of hydrogen-bond donors (Lipinski definition) is 0. The number of aromatic nitrogens is 2. The summed E-state index contributed by atoms with van der Waals surface area (Å²) in [6.07, 6.45) is 0.0144. The minimum Gasteiger partial charge on any atom is -0.490 e. The molecule has 0 amide bonds. The molecule has 92 valence electrons. The van der Waals surface area contributed by atoms with E-state index >= 15 is 0 Å². The lowest BCUT2D eigenvalue weighted by Gasteiger charge is -2.11. The molecule has 0 aliphatic carbocycles. The summed E-state index contributed by atoms with van der Waals surface area (Å²) in [5.41, 5.74) is 1.12. The summed E-state index contributed by atoms with van der Waals surface area (Å²) in [5, 5.41) is 16.6. The van der Waals surface area contributed by atoms with Crippen LogP contribution in [0.15, 0.2) is 27.4 Å². The topological polar surface area (TPSA) is 71.9 Å². The summed E-state index contributed by atoms with van der Waals surface area (Å²) in [5.74, 6) is 0.907. The Morgan fingerprint density at radius 1 is 1.39 bits per heavy atom. The van der Waals surface area contributed by atoms with Crippen molar-refractivity contribution >= 4 is 15.9 Å². The van der Waals surface area contributed by atoms with E-state index in [1.54, 1.807) is 18.2 Å². The van der Waals surface area contributed by atoms with Crippen LogP contribution in [0.4, 0.5) is 0 Å². The first-order chi connectivity index (χ1) is 8.60. The Bertz CT molecular complexity index is 602. The van der Waals surface area contributed by atoms with Crippen LogP contribution in [-0.4, -0.2) is 16.3 Å². The molecule has 0 aliphatic heterocycles. The van der Waals surface area contributed by atoms with Crippen molar-refractivity contribution in [2.45, 2.75) is 20.0 Å². The zero-order valence-electron chi connectivity index (χ0n) is 9.85. The average Bonchev–Trinajstić information content (AvgIpc) is 2.75. The van der Waals surface area contributed by atoms with Gasteiger partial charge in [-0.1, -0.05) is 0 Å². The van der Waals surface area contributed by atoms with Crippen molar-refractivity contribution in [3.63, 3.8) is 0 Å². The second-order valence-corrected chi connectivity index (χ2v) is 4.53. The Balaban J connectivity index is 2.39. The first-order valence-electron chi connectivity index (χ1n) is 5.30. The predicted octanol–water partition coefficient (Wildman–Crippen LogP) is 3.16. The minimum atomic E-state index is 0.0144. The Labute approximate surface area is 113 Å². The summed E-state index contributed by atoms with van der Waals surface area (Å²) in [6, 6.07) is 7.26. The number of hydrogen-bond acceptors (Lipinski definition) is 5. The lowest BCUT2D eigenvalue weighted by Crippen LogP contribution is -2.06. The zero-order chi connectivity index (χ0) is 13.1. The Hall–Kier alpha value is -1.87. The lowest BCUT2D eigenvalue weighted by atomic mass is 10.1. The SMILES string of the molecule is CC(C)Oc1ccc(-c2nnc(Br)o2)cc1C#N. The van der Waals surface area contributed by atoms with Crippen molar-refractivity contribution in [1.82, 2.24) is 10.2 Å². The van der Waals surface area contributed by atoms with Crippen LogP contribution in [0, 0.1) is 11.3 Å². The highest BCUT2D eigenvalue weighted by Gasteiger charge is 2.11. The van der Waals surface area contributed by atoms with Gasteiger partial charge in [-0.05, 0) is 32.0 Å². The van der Waals surface area contributed by atoms with Gasteiger partial charge in [0.1, 0.15) is 11.8 Å². The maximum atomic E-state index is 9.10. The van der Waals surface area contributed by atoms with Gasteiger partial charge in [0.15, 0.2) is 0 Å². The monoisotopic (exact) mass is 307 g/mol. The first-order valence-corrected chi connectivity index (χ1v) is 6.09. The molecule has 0 spiro atoms. The average molecular weight is 308 g/mol. The zero-order valence-corrected chi connectivity index (χ0v) is 11.4. The highest BCUT2D eigenvalue weighted by molar-refractivity contribution is 9.10. The van der Waals surface area contributed by atoms with E-state index in [4.69, 9.17) is 14.4 Å². The van der Waals surface area contributed by atoms with Gasteiger partial charge in [-0.25, -0.2) is 0 Å². The van der Waals surface area contributed by atoms with Gasteiger partial charge in [-0.2, -0.15) is 5.26 Å². The van der Waals surface area contributed by atoms with Gasteiger partial charge in [0, 0.05) is 21.5 Å². The molecule has 5 nitrogen and oxygen atoms in total. The number of nitriles is 1. The van der Waals surface area contributed by atoms with Crippen LogP contribution < -0.4 is 4.74 Å². The fourth-order valence-corrected chi connectivity index (χ4v) is 1.66. The van der Waals surface area contributed by atoms with Gasteiger partial charge in [-0.15, -0.1) is 10.2 Å². The van der Waals surface area contributed by atoms with Crippen molar-refractivity contribution in [2.24, 2.45) is 0 Å². The Morgan fingerprint density at radius 3 is 2.72 bits per heavy atom. The van der Waals surface area contributed by atoms with Crippen molar-refractivity contribution < 1.29 is 9.15 Å². The maximum Gasteiger partial charge on any atom is 0.285 e. The van der Waals surface area contributed by atoms with Crippen molar-refractivity contribution in [3.05, 3.63) is 28.6 Å². The molecular weight excluding hydrogens is 298 g/mol. The van der Waals surface area contributed by atoms with E-state index in [0.717, 1.165) is 0 Å². The molecule has 0 saturated carbocycles. The molecule has 1 aromatic heterocycles. The smallest absolute Gasteiger partial charge is 0.285 e. The molecule has 0 fully saturated rings. The third kappa shape index (κ3) is 2.68. The van der Waals surface area contributed by atoms with Crippen molar-refractivity contribution in [3.8, 4) is 23.3 Å². The number of halogens is 1. The normalized spacial score (nSPS) is 10.4. The maximum absolute atomic E-state index is 9.10. The summed E-state index contributed by atoms with van der Waals surface area (Å²) in [7, 11) is 0. The van der Waals surface area contributed by atoms with E-state index in [2.05, 4.69) is 32.2 Å². The van der Waals surface area contributed by atoms with Crippen LogP contribution >= 0.6 is 15.9 Å². The van der Waals surface area contributed by atoms with Gasteiger partial charge in [0.25, 0.3) is 4.80 Å². The third-order valence-corrected chi connectivity index (χ3v) is 2.43. The molecule has 1 aromatic carbocycles. The van der Waals surface area contributed by atoms with E-state index in [1.807, 2.05) is 13.8 Å². The van der Waals surface area contributed by atoms with Crippen LogP contribution in [0.1, 0.15) is 19.4 Å². The molecule has 0 atom stereocenters. The largest absolute Gasteiger partial charge is 0.490 e. The molecule has 2 aromatic rings. The van der Waals surface area contributed by atoms with Gasteiger partial charge < -0.3 is 9.15 Å². The second kappa shape index (κ2) is 5.19. The number of nitrogens with zero attached hydrogens (tertiary/aromatic N) is 3. The fourth-order valence-electron chi connectivity index (χ4n) is 1.43. The molecule has 0 bridgehead atoms. The van der Waals surface area contributed by atoms with Crippen molar-refractivity contribution in [1.29, 1.82) is 5.26 Å². The molecular formula is C12H10BrN3O2. The van der Waals surface area contributed by atoms with E-state index in [-0.39, 0.29) is 6.10 Å². The van der Waals surface area contributed by atoms with Crippen LogP contribution in [-0.2, 0) is 0 Å². The summed E-state index contributed by atoms with van der Waals surface area (Å²) < 4.78 is 10.8. The molecule has 0 radical (unpaired) electrons. The Kier molecular flexibility index (Phi) is 3.63. The van der Waals surface area contributed by atoms with E-state index in [9.17, 15) is 0 Å². The molecule has 6 heteroatoms. The predicted molar refractivity (Wildman–Crippen MR) is 67.9 cm³/mol. The fraction of sp³-hybridized carbons (Fsp3) is 0.250. The lowest BCUT2D eigenvalue weighted by molar-refractivity contribution is 0.242. The molecule has 0 unspecified atom stereocenters. The standard InChI is InChI=1S/C12H10BrN3O2/c1-7(2)17-10-4-3-8(5-9(10)6-14)11-15-16-12(13)18-11/h3-5,7H,1-2H3. The third-order valence-electron chi connectivity index (χ3n) is 2.11. The van der Waals surface area contributed by atoms with Gasteiger partial charge >= 0.3 is 0 Å². The van der Waals surface area contributed by atoms with E-state index in [1.165, 1.54) is 0 Å². The van der Waals surface area contributed by atoms with Crippen LogP contribution in [0.25, 0.3) is 11.5 Å². The molecule has 1 heterocycles. The molecule has 0 aliphatic rings.